The largest absolute Gasteiger partial charge is 0.497 e. The van der Waals surface area contributed by atoms with Crippen molar-refractivity contribution < 1.29 is 4.74 Å². The van der Waals surface area contributed by atoms with E-state index < -0.39 is 0 Å². The summed E-state index contributed by atoms with van der Waals surface area (Å²) in [5.41, 5.74) is 1.96. The van der Waals surface area contributed by atoms with Crippen molar-refractivity contribution in [2.75, 3.05) is 27.7 Å². The molecule has 0 saturated carbocycles. The number of methoxy groups -OCH3 is 1. The maximum atomic E-state index is 5.40. The number of nitrogens with zero attached hydrogens (tertiary/aromatic N) is 2. The van der Waals surface area contributed by atoms with Gasteiger partial charge in [0.1, 0.15) is 5.75 Å². The zero-order chi connectivity index (χ0) is 12.0. The van der Waals surface area contributed by atoms with E-state index >= 15 is 0 Å². The molecule has 4 nitrogen and oxygen atoms in total. The number of halogens is 1. The Labute approximate surface area is 109 Å². The monoisotopic (exact) mass is 257 g/mol. The number of nitrogens with two attached hydrogens (primary N) is 1. The molecule has 0 aliphatic heterocycles. The Morgan fingerprint density at radius 2 is 1.88 bits per heavy atom. The molecule has 0 aliphatic carbocycles. The van der Waals surface area contributed by atoms with Gasteiger partial charge in [-0.2, -0.15) is 5.10 Å². The summed E-state index contributed by atoms with van der Waals surface area (Å²) in [4.78, 5) is 2.11. The molecule has 0 fully saturated rings. The molecule has 0 aromatic heterocycles. The average molecular weight is 258 g/mol. The summed E-state index contributed by atoms with van der Waals surface area (Å²) in [5.74, 6) is 6.24. The number of hydrogen-bond acceptors (Lipinski definition) is 4. The minimum absolute atomic E-state index is 0. The highest BCUT2D eigenvalue weighted by molar-refractivity contribution is 6.00. The smallest absolute Gasteiger partial charge is 0.118 e. The molecular weight excluding hydrogens is 238 g/mol. The highest BCUT2D eigenvalue weighted by Gasteiger charge is 2.04. The average Bonchev–Trinajstić information content (AvgIpc) is 2.30. The Morgan fingerprint density at radius 1 is 1.29 bits per heavy atom. The van der Waals surface area contributed by atoms with Crippen molar-refractivity contribution in [1.29, 1.82) is 0 Å². The molecule has 0 radical (unpaired) electrons. The summed E-state index contributed by atoms with van der Waals surface area (Å²) < 4.78 is 5.10. The fourth-order valence-corrected chi connectivity index (χ4v) is 1.40. The number of hydrogen-bond donors (Lipinski definition) is 1. The third-order valence-electron chi connectivity index (χ3n) is 2.37. The van der Waals surface area contributed by atoms with Gasteiger partial charge in [-0.05, 0) is 43.9 Å². The van der Waals surface area contributed by atoms with Crippen LogP contribution in [0.2, 0.25) is 0 Å². The van der Waals surface area contributed by atoms with Crippen molar-refractivity contribution in [3.63, 3.8) is 0 Å². The summed E-state index contributed by atoms with van der Waals surface area (Å²) >= 11 is 0. The van der Waals surface area contributed by atoms with Crippen LogP contribution in [-0.2, 0) is 0 Å². The van der Waals surface area contributed by atoms with E-state index in [4.69, 9.17) is 10.6 Å². The Kier molecular flexibility index (Phi) is 7.34. The summed E-state index contributed by atoms with van der Waals surface area (Å²) in [6.45, 7) is 0.933. The lowest BCUT2D eigenvalue weighted by molar-refractivity contribution is 0.414. The van der Waals surface area contributed by atoms with Crippen LogP contribution >= 0.6 is 12.4 Å². The number of benzene rings is 1. The van der Waals surface area contributed by atoms with Crippen molar-refractivity contribution in [2.45, 2.75) is 6.42 Å². The van der Waals surface area contributed by atoms with Crippen LogP contribution < -0.4 is 10.6 Å². The maximum Gasteiger partial charge on any atom is 0.118 e. The summed E-state index contributed by atoms with van der Waals surface area (Å²) in [5, 5.41) is 3.83. The molecule has 0 aliphatic rings. The Balaban J connectivity index is 0.00000256. The molecule has 0 heterocycles. The molecule has 17 heavy (non-hydrogen) atoms. The van der Waals surface area contributed by atoms with E-state index in [2.05, 4.69) is 10.0 Å². The fourth-order valence-electron chi connectivity index (χ4n) is 1.40. The topological polar surface area (TPSA) is 50.8 Å². The Hall–Kier alpha value is -1.26. The minimum Gasteiger partial charge on any atom is -0.497 e. The van der Waals surface area contributed by atoms with Gasteiger partial charge in [-0.1, -0.05) is 0 Å². The number of rotatable bonds is 5. The van der Waals surface area contributed by atoms with Gasteiger partial charge in [0.05, 0.1) is 12.8 Å². The van der Waals surface area contributed by atoms with E-state index in [9.17, 15) is 0 Å². The fraction of sp³-hybridized carbons (Fsp3) is 0.417. The van der Waals surface area contributed by atoms with Crippen molar-refractivity contribution in [3.05, 3.63) is 29.8 Å². The molecule has 0 amide bonds. The second-order valence-corrected chi connectivity index (χ2v) is 3.86. The zero-order valence-electron chi connectivity index (χ0n) is 10.5. The van der Waals surface area contributed by atoms with Gasteiger partial charge in [-0.25, -0.2) is 0 Å². The maximum absolute atomic E-state index is 5.40. The van der Waals surface area contributed by atoms with E-state index in [1.807, 2.05) is 38.4 Å². The first kappa shape index (κ1) is 15.7. The van der Waals surface area contributed by atoms with E-state index in [1.165, 1.54) is 0 Å². The van der Waals surface area contributed by atoms with E-state index in [-0.39, 0.29) is 12.4 Å². The molecule has 1 rings (SSSR count). The van der Waals surface area contributed by atoms with Gasteiger partial charge >= 0.3 is 0 Å². The highest BCUT2D eigenvalue weighted by Crippen LogP contribution is 2.13. The Bertz CT molecular complexity index is 349. The van der Waals surface area contributed by atoms with Gasteiger partial charge < -0.3 is 15.5 Å². The summed E-state index contributed by atoms with van der Waals surface area (Å²) in [7, 11) is 5.71. The molecule has 0 atom stereocenters. The summed E-state index contributed by atoms with van der Waals surface area (Å²) in [6, 6.07) is 7.77. The van der Waals surface area contributed by atoms with Crippen molar-refractivity contribution >= 4 is 18.1 Å². The van der Waals surface area contributed by atoms with Crippen molar-refractivity contribution in [1.82, 2.24) is 4.90 Å². The molecular formula is C12H20ClN3O. The molecule has 0 saturated heterocycles. The molecule has 96 valence electrons. The lowest BCUT2D eigenvalue weighted by atomic mass is 10.1. The van der Waals surface area contributed by atoms with Crippen LogP contribution in [0.25, 0.3) is 0 Å². The second-order valence-electron chi connectivity index (χ2n) is 3.86. The lowest BCUT2D eigenvalue weighted by Gasteiger charge is -2.11. The predicted molar refractivity (Wildman–Crippen MR) is 74.1 cm³/mol. The van der Waals surface area contributed by atoms with Crippen LogP contribution in [0, 0.1) is 0 Å². The van der Waals surface area contributed by atoms with Crippen molar-refractivity contribution in [2.24, 2.45) is 10.9 Å². The Morgan fingerprint density at radius 3 is 2.29 bits per heavy atom. The standard InChI is InChI=1S/C12H19N3O.ClH/c1-15(2)9-8-12(14-13)10-4-6-11(16-3)7-5-10;/h4-7H,8-9,13H2,1-3H3;1H/b14-12-;. The quantitative estimate of drug-likeness (QED) is 0.497. The molecule has 1 aromatic carbocycles. The van der Waals surface area contributed by atoms with Crippen LogP contribution in [-0.4, -0.2) is 38.4 Å². The molecule has 0 unspecified atom stereocenters. The van der Waals surface area contributed by atoms with Gasteiger partial charge in [0.25, 0.3) is 0 Å². The van der Waals surface area contributed by atoms with Gasteiger partial charge in [-0.15, -0.1) is 12.4 Å². The van der Waals surface area contributed by atoms with Crippen LogP contribution in [0.4, 0.5) is 0 Å². The van der Waals surface area contributed by atoms with Crippen molar-refractivity contribution in [3.8, 4) is 5.75 Å². The molecule has 5 heteroatoms. The van der Waals surface area contributed by atoms with Gasteiger partial charge in [-0.3, -0.25) is 0 Å². The zero-order valence-corrected chi connectivity index (χ0v) is 11.3. The highest BCUT2D eigenvalue weighted by atomic mass is 35.5. The molecule has 0 spiro atoms. The van der Waals surface area contributed by atoms with Crippen LogP contribution in [0.3, 0.4) is 0 Å². The first-order valence-electron chi connectivity index (χ1n) is 5.23. The lowest BCUT2D eigenvalue weighted by Crippen LogP contribution is -2.18. The van der Waals surface area contributed by atoms with E-state index in [1.54, 1.807) is 7.11 Å². The van der Waals surface area contributed by atoms with Gasteiger partial charge in [0, 0.05) is 13.0 Å². The first-order chi connectivity index (χ1) is 7.67. The van der Waals surface area contributed by atoms with Crippen LogP contribution in [0.5, 0.6) is 5.75 Å². The van der Waals surface area contributed by atoms with Crippen LogP contribution in [0.1, 0.15) is 12.0 Å². The SMILES string of the molecule is COc1ccc(/C(CCN(C)C)=N\N)cc1.Cl. The molecule has 1 aromatic rings. The molecule has 0 bridgehead atoms. The predicted octanol–water partition coefficient (Wildman–Crippen LogP) is 1.73. The van der Waals surface area contributed by atoms with Gasteiger partial charge in [0.15, 0.2) is 0 Å². The van der Waals surface area contributed by atoms with E-state index in [0.29, 0.717) is 0 Å². The third kappa shape index (κ3) is 5.06. The normalized spacial score (nSPS) is 11.2. The third-order valence-corrected chi connectivity index (χ3v) is 2.37. The molecule has 2 N–H and O–H groups in total. The minimum atomic E-state index is 0. The summed E-state index contributed by atoms with van der Waals surface area (Å²) in [6.07, 6.45) is 0.843. The number of hydrazone groups is 1. The van der Waals surface area contributed by atoms with Crippen LogP contribution in [0.15, 0.2) is 29.4 Å². The van der Waals surface area contributed by atoms with E-state index in [0.717, 1.165) is 30.0 Å². The van der Waals surface area contributed by atoms with Gasteiger partial charge in [0.2, 0.25) is 0 Å². The number of ether oxygens (including phenoxy) is 1. The first-order valence-corrected chi connectivity index (χ1v) is 5.23. The second kappa shape index (κ2) is 7.92.